The molecule has 1 N–H and O–H groups in total. The third-order valence-electron chi connectivity index (χ3n) is 3.53. The average Bonchev–Trinajstić information content (AvgIpc) is 3.23. The number of benzene rings is 1. The van der Waals surface area contributed by atoms with E-state index >= 15 is 0 Å². The largest absolute Gasteiger partial charge is 0.360 e. The quantitative estimate of drug-likeness (QED) is 0.862. The number of nitrogens with one attached hydrogen (secondary N) is 1. The van der Waals surface area contributed by atoms with E-state index in [-0.39, 0.29) is 21.2 Å². The van der Waals surface area contributed by atoms with Gasteiger partial charge in [0.05, 0.1) is 5.02 Å². The van der Waals surface area contributed by atoms with Crippen molar-refractivity contribution < 1.29 is 13.2 Å². The van der Waals surface area contributed by atoms with Gasteiger partial charge in [-0.1, -0.05) is 23.7 Å². The van der Waals surface area contributed by atoms with Crippen LogP contribution >= 0.6 is 23.2 Å². The standard InChI is InChI=1S/C13H12Cl2N4O4S/c1-7-3-2-4-9(14)10(7)24(22,23)17-12(20)19-13(21)18(8-5-6-8)11(15)16-19/h2-4,8H,5-6H2,1H3,(H,17,20). The van der Waals surface area contributed by atoms with Crippen LogP contribution in [0.3, 0.4) is 0 Å². The highest BCUT2D eigenvalue weighted by Gasteiger charge is 2.32. The highest BCUT2D eigenvalue weighted by atomic mass is 35.5. The number of hydrogen-bond acceptors (Lipinski definition) is 5. The molecule has 1 saturated carbocycles. The van der Waals surface area contributed by atoms with E-state index in [1.54, 1.807) is 10.8 Å². The molecule has 0 radical (unpaired) electrons. The second-order valence-corrected chi connectivity index (χ2v) is 7.73. The van der Waals surface area contributed by atoms with Crippen LogP contribution in [0.4, 0.5) is 4.79 Å². The number of rotatable bonds is 3. The van der Waals surface area contributed by atoms with Crippen molar-refractivity contribution >= 4 is 39.3 Å². The van der Waals surface area contributed by atoms with Gasteiger partial charge in [0.25, 0.3) is 10.0 Å². The highest BCUT2D eigenvalue weighted by Crippen LogP contribution is 2.35. The molecule has 2 aromatic rings. The predicted molar refractivity (Wildman–Crippen MR) is 87.1 cm³/mol. The molecule has 0 bridgehead atoms. The Bertz CT molecular complexity index is 972. The summed E-state index contributed by atoms with van der Waals surface area (Å²) in [7, 11) is -4.28. The van der Waals surface area contributed by atoms with Crippen molar-refractivity contribution in [2.24, 2.45) is 0 Å². The smallest absolute Gasteiger partial charge is 0.262 e. The van der Waals surface area contributed by atoms with E-state index in [0.29, 0.717) is 10.2 Å². The minimum atomic E-state index is -4.28. The summed E-state index contributed by atoms with van der Waals surface area (Å²) in [5.41, 5.74) is -0.428. The summed E-state index contributed by atoms with van der Waals surface area (Å²) in [6.07, 6.45) is 1.51. The van der Waals surface area contributed by atoms with Crippen LogP contribution in [0, 0.1) is 6.92 Å². The van der Waals surface area contributed by atoms with E-state index in [2.05, 4.69) is 5.10 Å². The summed E-state index contributed by atoms with van der Waals surface area (Å²) < 4.78 is 28.2. The Balaban J connectivity index is 1.95. The molecule has 0 aliphatic heterocycles. The summed E-state index contributed by atoms with van der Waals surface area (Å²) in [5.74, 6) is 0. The molecule has 1 aromatic heterocycles. The van der Waals surface area contributed by atoms with Gasteiger partial charge in [0, 0.05) is 6.04 Å². The van der Waals surface area contributed by atoms with Crippen molar-refractivity contribution in [2.75, 3.05) is 0 Å². The first kappa shape index (κ1) is 17.0. The maximum Gasteiger partial charge on any atom is 0.360 e. The SMILES string of the molecule is Cc1cccc(Cl)c1S(=O)(=O)NC(=O)n1nc(Cl)n(C2CC2)c1=O. The number of amides is 1. The molecule has 0 saturated heterocycles. The first-order chi connectivity index (χ1) is 11.2. The second kappa shape index (κ2) is 5.91. The van der Waals surface area contributed by atoms with Crippen molar-refractivity contribution in [3.8, 4) is 0 Å². The van der Waals surface area contributed by atoms with Gasteiger partial charge in [-0.25, -0.2) is 22.7 Å². The zero-order chi connectivity index (χ0) is 17.6. The number of carbonyl (C=O) groups excluding carboxylic acids is 1. The van der Waals surface area contributed by atoms with Crippen molar-refractivity contribution in [3.05, 3.63) is 44.6 Å². The third-order valence-corrected chi connectivity index (χ3v) is 5.73. The maximum atomic E-state index is 12.4. The first-order valence-electron chi connectivity index (χ1n) is 6.91. The molecule has 3 rings (SSSR count). The number of aromatic nitrogens is 3. The molecule has 1 aliphatic rings. The zero-order valence-electron chi connectivity index (χ0n) is 12.4. The Kier molecular flexibility index (Phi) is 4.18. The van der Waals surface area contributed by atoms with E-state index in [4.69, 9.17) is 23.2 Å². The summed E-state index contributed by atoms with van der Waals surface area (Å²) in [4.78, 5) is 24.1. The minimum absolute atomic E-state index is 0.0378. The minimum Gasteiger partial charge on any atom is -0.262 e. The number of carbonyl (C=O) groups is 1. The number of hydrogen-bond donors (Lipinski definition) is 1. The number of nitrogens with zero attached hydrogens (tertiary/aromatic N) is 3. The molecule has 11 heteroatoms. The van der Waals surface area contributed by atoms with Crippen LogP contribution in [0.1, 0.15) is 24.4 Å². The van der Waals surface area contributed by atoms with Crippen molar-refractivity contribution in [1.29, 1.82) is 0 Å². The number of sulfonamides is 1. The lowest BCUT2D eigenvalue weighted by Crippen LogP contribution is -2.40. The van der Waals surface area contributed by atoms with E-state index in [0.717, 1.165) is 17.4 Å². The van der Waals surface area contributed by atoms with E-state index < -0.39 is 21.7 Å². The second-order valence-electron chi connectivity index (χ2n) is 5.36. The van der Waals surface area contributed by atoms with Crippen molar-refractivity contribution in [1.82, 2.24) is 19.1 Å². The first-order valence-corrected chi connectivity index (χ1v) is 9.15. The summed E-state index contributed by atoms with van der Waals surface area (Å²) in [6.45, 7) is 1.54. The predicted octanol–water partition coefficient (Wildman–Crippen LogP) is 1.94. The van der Waals surface area contributed by atoms with Gasteiger partial charge in [0.15, 0.2) is 0 Å². The van der Waals surface area contributed by atoms with Gasteiger partial charge in [-0.2, -0.15) is 0 Å². The van der Waals surface area contributed by atoms with Gasteiger partial charge >= 0.3 is 11.7 Å². The highest BCUT2D eigenvalue weighted by molar-refractivity contribution is 7.90. The van der Waals surface area contributed by atoms with Gasteiger partial charge in [0.2, 0.25) is 5.28 Å². The fraction of sp³-hybridized carbons (Fsp3) is 0.308. The monoisotopic (exact) mass is 390 g/mol. The van der Waals surface area contributed by atoms with Gasteiger partial charge in [-0.3, -0.25) is 4.57 Å². The van der Waals surface area contributed by atoms with E-state index in [9.17, 15) is 18.0 Å². The summed E-state index contributed by atoms with van der Waals surface area (Å²) in [6, 6.07) is 3.18. The van der Waals surface area contributed by atoms with Gasteiger partial charge in [-0.15, -0.1) is 9.78 Å². The topological polar surface area (TPSA) is 103 Å². The molecule has 1 amide bonds. The maximum absolute atomic E-state index is 12.4. The molecule has 1 aliphatic carbocycles. The van der Waals surface area contributed by atoms with E-state index in [1.165, 1.54) is 19.1 Å². The van der Waals surface area contributed by atoms with Crippen LogP contribution in [0.2, 0.25) is 10.3 Å². The number of aryl methyl sites for hydroxylation is 1. The Hall–Kier alpha value is -1.84. The molecule has 8 nitrogen and oxygen atoms in total. The van der Waals surface area contributed by atoms with Crippen LogP contribution in [0.25, 0.3) is 0 Å². The Morgan fingerprint density at radius 2 is 2.00 bits per heavy atom. The Labute approximate surface area is 147 Å². The van der Waals surface area contributed by atoms with Crippen molar-refractivity contribution in [3.63, 3.8) is 0 Å². The molecule has 1 fully saturated rings. The lowest BCUT2D eigenvalue weighted by molar-refractivity contribution is 0.243. The van der Waals surface area contributed by atoms with Crippen LogP contribution in [-0.2, 0) is 10.0 Å². The average molecular weight is 391 g/mol. The molecular weight excluding hydrogens is 379 g/mol. The molecule has 0 spiro atoms. The summed E-state index contributed by atoms with van der Waals surface area (Å²) in [5, 5.41) is 3.42. The fourth-order valence-corrected chi connectivity index (χ4v) is 4.34. The lowest BCUT2D eigenvalue weighted by atomic mass is 10.2. The van der Waals surface area contributed by atoms with Crippen LogP contribution in [0.5, 0.6) is 0 Å². The van der Waals surface area contributed by atoms with Gasteiger partial charge in [-0.05, 0) is 43.0 Å². The van der Waals surface area contributed by atoms with Gasteiger partial charge in [0.1, 0.15) is 4.90 Å². The molecule has 128 valence electrons. The van der Waals surface area contributed by atoms with Crippen LogP contribution in [-0.4, -0.2) is 28.8 Å². The zero-order valence-corrected chi connectivity index (χ0v) is 14.7. The van der Waals surface area contributed by atoms with Crippen LogP contribution in [0.15, 0.2) is 27.9 Å². The molecule has 0 atom stereocenters. The van der Waals surface area contributed by atoms with Crippen LogP contribution < -0.4 is 10.4 Å². The normalized spacial score (nSPS) is 14.6. The fourth-order valence-electron chi connectivity index (χ4n) is 2.29. The summed E-state index contributed by atoms with van der Waals surface area (Å²) >= 11 is 11.8. The molecule has 24 heavy (non-hydrogen) atoms. The Morgan fingerprint density at radius 1 is 1.33 bits per heavy atom. The third kappa shape index (κ3) is 2.94. The number of halogens is 2. The molecule has 0 unspecified atom stereocenters. The van der Waals surface area contributed by atoms with Gasteiger partial charge < -0.3 is 0 Å². The van der Waals surface area contributed by atoms with E-state index in [1.807, 2.05) is 0 Å². The molecular formula is C13H12Cl2N4O4S. The van der Waals surface area contributed by atoms with Crippen molar-refractivity contribution in [2.45, 2.75) is 30.7 Å². The Morgan fingerprint density at radius 3 is 2.58 bits per heavy atom. The lowest BCUT2D eigenvalue weighted by Gasteiger charge is -2.10. The molecule has 1 aromatic carbocycles. The molecule has 1 heterocycles.